The van der Waals surface area contributed by atoms with Gasteiger partial charge in [0.2, 0.25) is 0 Å². The maximum Gasteiger partial charge on any atom is 0.0641 e. The van der Waals surface area contributed by atoms with Crippen molar-refractivity contribution in [1.82, 2.24) is 9.55 Å². The summed E-state index contributed by atoms with van der Waals surface area (Å²) >= 11 is 0. The van der Waals surface area contributed by atoms with E-state index >= 15 is 0 Å². The van der Waals surface area contributed by atoms with Crippen molar-refractivity contribution in [2.24, 2.45) is 0 Å². The van der Waals surface area contributed by atoms with Crippen molar-refractivity contribution in [3.8, 4) is 5.69 Å². The topological polar surface area (TPSA) is 20.7 Å². The van der Waals surface area contributed by atoms with Crippen molar-refractivity contribution >= 4 is 54.4 Å². The molecule has 2 nitrogen and oxygen atoms in total. The summed E-state index contributed by atoms with van der Waals surface area (Å²) < 4.78 is 2.45. The summed E-state index contributed by atoms with van der Waals surface area (Å²) in [5, 5.41) is 7.66. The van der Waals surface area contributed by atoms with Gasteiger partial charge in [0.1, 0.15) is 0 Å². The molecule has 0 aliphatic heterocycles. The number of nitrogens with zero attached hydrogens (tertiary/aromatic N) is 1. The molecule has 0 amide bonds. The summed E-state index contributed by atoms with van der Waals surface area (Å²) in [4.78, 5) is 3.75. The molecule has 7 rings (SSSR count). The number of para-hydroxylation sites is 1. The van der Waals surface area contributed by atoms with Crippen LogP contribution in [0.1, 0.15) is 26.3 Å². The minimum atomic E-state index is 0.129. The van der Waals surface area contributed by atoms with E-state index in [9.17, 15) is 0 Å². The molecular weight excluding hydrogens is 412 g/mol. The molecule has 5 aromatic carbocycles. The fourth-order valence-corrected chi connectivity index (χ4v) is 5.56. The Balaban J connectivity index is 1.66. The van der Waals surface area contributed by atoms with Gasteiger partial charge in [-0.2, -0.15) is 0 Å². The molecule has 0 spiro atoms. The molecule has 2 heterocycles. The van der Waals surface area contributed by atoms with Crippen LogP contribution in [0.4, 0.5) is 0 Å². The molecule has 0 saturated carbocycles. The van der Waals surface area contributed by atoms with E-state index in [1.165, 1.54) is 65.6 Å². The van der Waals surface area contributed by atoms with Gasteiger partial charge in [-0.15, -0.1) is 0 Å². The molecule has 1 N–H and O–H groups in total. The van der Waals surface area contributed by atoms with Gasteiger partial charge in [-0.05, 0) is 40.6 Å². The SMILES string of the molecule is CC(C)(C)c1ccc(-n2c3ccccc3c3ccc4[nH]c5c6ccccc6ccc5c4c32)cc1. The molecule has 2 aromatic heterocycles. The van der Waals surface area contributed by atoms with Crippen molar-refractivity contribution in [3.63, 3.8) is 0 Å². The molecule has 34 heavy (non-hydrogen) atoms. The highest BCUT2D eigenvalue weighted by Gasteiger charge is 2.19. The number of rotatable bonds is 1. The van der Waals surface area contributed by atoms with Crippen molar-refractivity contribution in [2.75, 3.05) is 0 Å². The number of aromatic nitrogens is 2. The Morgan fingerprint density at radius 1 is 0.618 bits per heavy atom. The minimum Gasteiger partial charge on any atom is -0.354 e. The van der Waals surface area contributed by atoms with Crippen molar-refractivity contribution in [1.29, 1.82) is 0 Å². The molecule has 164 valence electrons. The van der Waals surface area contributed by atoms with E-state index in [0.29, 0.717) is 0 Å². The van der Waals surface area contributed by atoms with Crippen LogP contribution in [-0.4, -0.2) is 9.55 Å². The second-order valence-corrected chi connectivity index (χ2v) is 10.4. The lowest BCUT2D eigenvalue weighted by atomic mass is 9.87. The zero-order chi connectivity index (χ0) is 23.0. The van der Waals surface area contributed by atoms with Crippen LogP contribution in [0.15, 0.2) is 97.1 Å². The van der Waals surface area contributed by atoms with Crippen LogP contribution in [-0.2, 0) is 5.41 Å². The van der Waals surface area contributed by atoms with Crippen LogP contribution < -0.4 is 0 Å². The van der Waals surface area contributed by atoms with E-state index in [2.05, 4.69) is 127 Å². The Labute approximate surface area is 198 Å². The summed E-state index contributed by atoms with van der Waals surface area (Å²) in [6, 6.07) is 35.5. The van der Waals surface area contributed by atoms with Crippen molar-refractivity contribution in [3.05, 3.63) is 103 Å². The molecule has 0 saturated heterocycles. The van der Waals surface area contributed by atoms with Crippen LogP contribution >= 0.6 is 0 Å². The van der Waals surface area contributed by atoms with E-state index in [-0.39, 0.29) is 5.41 Å². The summed E-state index contributed by atoms with van der Waals surface area (Å²) in [5.41, 5.74) is 7.56. The number of aromatic amines is 1. The Morgan fingerprint density at radius 3 is 2.12 bits per heavy atom. The summed E-state index contributed by atoms with van der Waals surface area (Å²) in [6.07, 6.45) is 0. The van der Waals surface area contributed by atoms with Gasteiger partial charge in [-0.25, -0.2) is 0 Å². The molecule has 0 aliphatic rings. The van der Waals surface area contributed by atoms with Gasteiger partial charge in [0.15, 0.2) is 0 Å². The molecule has 0 aliphatic carbocycles. The number of nitrogens with one attached hydrogen (secondary N) is 1. The molecule has 0 bridgehead atoms. The van der Waals surface area contributed by atoms with Gasteiger partial charge in [0.25, 0.3) is 0 Å². The predicted molar refractivity (Wildman–Crippen MR) is 146 cm³/mol. The predicted octanol–water partition coefficient (Wildman–Crippen LogP) is 8.87. The average molecular weight is 439 g/mol. The van der Waals surface area contributed by atoms with E-state index in [1.807, 2.05) is 0 Å². The lowest BCUT2D eigenvalue weighted by Crippen LogP contribution is -2.10. The van der Waals surface area contributed by atoms with Crippen LogP contribution in [0.5, 0.6) is 0 Å². The Hall–Kier alpha value is -4.04. The lowest BCUT2D eigenvalue weighted by Gasteiger charge is -2.19. The molecule has 0 fully saturated rings. The van der Waals surface area contributed by atoms with E-state index in [4.69, 9.17) is 0 Å². The van der Waals surface area contributed by atoms with Crippen molar-refractivity contribution in [2.45, 2.75) is 26.2 Å². The normalized spacial score (nSPS) is 12.6. The Kier molecular flexibility index (Phi) is 3.85. The van der Waals surface area contributed by atoms with Crippen LogP contribution in [0.3, 0.4) is 0 Å². The quantitative estimate of drug-likeness (QED) is 0.264. The van der Waals surface area contributed by atoms with Gasteiger partial charge in [-0.1, -0.05) is 93.6 Å². The highest BCUT2D eigenvalue weighted by Crippen LogP contribution is 2.41. The van der Waals surface area contributed by atoms with Gasteiger partial charge >= 0.3 is 0 Å². The first kappa shape index (κ1) is 19.4. The number of hydrogen-bond acceptors (Lipinski definition) is 0. The third kappa shape index (κ3) is 2.63. The third-order valence-electron chi connectivity index (χ3n) is 7.29. The molecule has 0 unspecified atom stereocenters. The monoisotopic (exact) mass is 438 g/mol. The Bertz CT molecular complexity index is 1870. The summed E-state index contributed by atoms with van der Waals surface area (Å²) in [7, 11) is 0. The lowest BCUT2D eigenvalue weighted by molar-refractivity contribution is 0.590. The first-order valence-electron chi connectivity index (χ1n) is 12.0. The van der Waals surface area contributed by atoms with Gasteiger partial charge in [0.05, 0.1) is 16.6 Å². The van der Waals surface area contributed by atoms with Crippen LogP contribution in [0, 0.1) is 0 Å². The zero-order valence-electron chi connectivity index (χ0n) is 19.7. The first-order valence-corrected chi connectivity index (χ1v) is 12.0. The number of H-pyrrole nitrogens is 1. The van der Waals surface area contributed by atoms with Gasteiger partial charge in [0, 0.05) is 38.1 Å². The number of hydrogen-bond donors (Lipinski definition) is 1. The number of fused-ring (bicyclic) bond motifs is 9. The fourth-order valence-electron chi connectivity index (χ4n) is 5.56. The first-order chi connectivity index (χ1) is 16.5. The van der Waals surface area contributed by atoms with Crippen LogP contribution in [0.25, 0.3) is 60.1 Å². The second kappa shape index (κ2) is 6.74. The summed E-state index contributed by atoms with van der Waals surface area (Å²) in [6.45, 7) is 6.80. The number of benzene rings is 5. The maximum absolute atomic E-state index is 3.75. The summed E-state index contributed by atoms with van der Waals surface area (Å²) in [5.74, 6) is 0. The second-order valence-electron chi connectivity index (χ2n) is 10.4. The highest BCUT2D eigenvalue weighted by atomic mass is 15.0. The largest absolute Gasteiger partial charge is 0.354 e. The smallest absolute Gasteiger partial charge is 0.0641 e. The van der Waals surface area contributed by atoms with Gasteiger partial charge < -0.3 is 9.55 Å². The molecule has 7 aromatic rings. The van der Waals surface area contributed by atoms with E-state index in [1.54, 1.807) is 0 Å². The molecule has 0 radical (unpaired) electrons. The standard InChI is InChI=1S/C32H26N2/c1-32(2,3)21-13-15-22(16-14-21)34-28-11-7-6-10-24(28)25-18-19-27-29(31(25)34)26-17-12-20-8-4-5-9-23(20)30(26)33-27/h4-19,33H,1-3H3. The van der Waals surface area contributed by atoms with E-state index < -0.39 is 0 Å². The molecular formula is C32H26N2. The Morgan fingerprint density at radius 2 is 1.32 bits per heavy atom. The zero-order valence-corrected chi connectivity index (χ0v) is 19.7. The third-order valence-corrected chi connectivity index (χ3v) is 7.29. The molecule has 2 heteroatoms. The maximum atomic E-state index is 3.75. The average Bonchev–Trinajstić information content (AvgIpc) is 3.39. The fraction of sp³-hybridized carbons (Fsp3) is 0.125. The van der Waals surface area contributed by atoms with Gasteiger partial charge in [-0.3, -0.25) is 0 Å². The highest BCUT2D eigenvalue weighted by molar-refractivity contribution is 6.28. The van der Waals surface area contributed by atoms with Crippen molar-refractivity contribution < 1.29 is 0 Å². The molecule has 0 atom stereocenters. The minimum absolute atomic E-state index is 0.129. The van der Waals surface area contributed by atoms with Crippen LogP contribution in [0.2, 0.25) is 0 Å². The van der Waals surface area contributed by atoms with E-state index in [0.717, 1.165) is 0 Å².